The Morgan fingerprint density at radius 1 is 1.54 bits per heavy atom. The second-order valence-corrected chi connectivity index (χ2v) is 2.66. The van der Waals surface area contributed by atoms with E-state index in [0.29, 0.717) is 11.1 Å². The summed E-state index contributed by atoms with van der Waals surface area (Å²) in [6, 6.07) is 1.83. The van der Waals surface area contributed by atoms with Crippen molar-refractivity contribution in [3.63, 3.8) is 0 Å². The molecule has 0 unspecified atom stereocenters. The average molecular weight is 182 g/mol. The third-order valence-corrected chi connectivity index (χ3v) is 1.76. The number of pyridine rings is 1. The predicted molar refractivity (Wildman–Crippen MR) is 43.2 cm³/mol. The maximum Gasteiger partial charge on any atom is 0.264 e. The summed E-state index contributed by atoms with van der Waals surface area (Å²) in [6.45, 7) is 1.56. The Labute approximate surface area is 74.8 Å². The Hall–Kier alpha value is -1.50. The number of aromatic nitrogens is 1. The van der Waals surface area contributed by atoms with E-state index in [4.69, 9.17) is 5.26 Å². The van der Waals surface area contributed by atoms with E-state index in [9.17, 15) is 8.78 Å². The van der Waals surface area contributed by atoms with Crippen molar-refractivity contribution in [1.82, 2.24) is 4.98 Å². The zero-order chi connectivity index (χ0) is 9.84. The van der Waals surface area contributed by atoms with Gasteiger partial charge in [-0.15, -0.1) is 0 Å². The number of nitrogens with zero attached hydrogens (tertiary/aromatic N) is 2. The van der Waals surface area contributed by atoms with Crippen molar-refractivity contribution in [2.45, 2.75) is 19.8 Å². The average Bonchev–Trinajstić information content (AvgIpc) is 2.04. The van der Waals surface area contributed by atoms with E-state index in [2.05, 4.69) is 4.98 Å². The highest BCUT2D eigenvalue weighted by atomic mass is 19.3. The summed E-state index contributed by atoms with van der Waals surface area (Å²) in [5, 5.41) is 8.39. The Balaban J connectivity index is 3.19. The zero-order valence-electron chi connectivity index (χ0n) is 7.09. The van der Waals surface area contributed by atoms with Gasteiger partial charge in [-0.3, -0.25) is 4.98 Å². The summed E-state index contributed by atoms with van der Waals surface area (Å²) in [6.07, 6.45) is 0.139. The van der Waals surface area contributed by atoms with Crippen molar-refractivity contribution in [2.75, 3.05) is 0 Å². The van der Waals surface area contributed by atoms with Crippen LogP contribution in [0.4, 0.5) is 8.78 Å². The standard InChI is InChI=1S/C9H8F2N2/c1-6-4-13-5-7(2-3-12)8(6)9(10)11/h4-5,9H,2H2,1H3. The van der Waals surface area contributed by atoms with Crippen LogP contribution in [0.2, 0.25) is 0 Å². The third-order valence-electron chi connectivity index (χ3n) is 1.76. The molecule has 0 N–H and O–H groups in total. The Bertz CT molecular complexity index is 342. The summed E-state index contributed by atoms with van der Waals surface area (Å²) < 4.78 is 24.9. The minimum Gasteiger partial charge on any atom is -0.264 e. The van der Waals surface area contributed by atoms with E-state index in [-0.39, 0.29) is 12.0 Å². The molecule has 0 aliphatic heterocycles. The summed E-state index contributed by atoms with van der Waals surface area (Å²) in [4.78, 5) is 3.76. The van der Waals surface area contributed by atoms with Crippen molar-refractivity contribution < 1.29 is 8.78 Å². The highest BCUT2D eigenvalue weighted by Gasteiger charge is 2.15. The minimum atomic E-state index is -2.54. The van der Waals surface area contributed by atoms with Gasteiger partial charge >= 0.3 is 0 Å². The molecule has 2 nitrogen and oxygen atoms in total. The number of alkyl halides is 2. The van der Waals surface area contributed by atoms with Gasteiger partial charge in [0.25, 0.3) is 6.43 Å². The summed E-state index contributed by atoms with van der Waals surface area (Å²) in [5.41, 5.74) is 0.691. The monoisotopic (exact) mass is 182 g/mol. The lowest BCUT2D eigenvalue weighted by atomic mass is 10.0. The molecule has 0 atom stereocenters. The first-order valence-electron chi connectivity index (χ1n) is 3.75. The lowest BCUT2D eigenvalue weighted by Gasteiger charge is -2.07. The second-order valence-electron chi connectivity index (χ2n) is 2.66. The molecule has 0 bridgehead atoms. The first-order chi connectivity index (χ1) is 6.16. The molecule has 1 rings (SSSR count). The van der Waals surface area contributed by atoms with Gasteiger partial charge in [-0.2, -0.15) is 5.26 Å². The van der Waals surface area contributed by atoms with Crippen molar-refractivity contribution in [3.8, 4) is 6.07 Å². The molecular weight excluding hydrogens is 174 g/mol. The third kappa shape index (κ3) is 2.00. The van der Waals surface area contributed by atoms with Gasteiger partial charge < -0.3 is 0 Å². The second kappa shape index (κ2) is 3.94. The Kier molecular flexibility index (Phi) is 2.91. The van der Waals surface area contributed by atoms with Gasteiger partial charge in [0.15, 0.2) is 0 Å². The normalized spacial score (nSPS) is 10.1. The van der Waals surface area contributed by atoms with Crippen LogP contribution >= 0.6 is 0 Å². The van der Waals surface area contributed by atoms with Gasteiger partial charge in [0.1, 0.15) is 0 Å². The number of halogens is 2. The first-order valence-corrected chi connectivity index (χ1v) is 3.75. The SMILES string of the molecule is Cc1cncc(CC#N)c1C(F)F. The molecule has 68 valence electrons. The maximum atomic E-state index is 12.5. The van der Waals surface area contributed by atoms with E-state index in [0.717, 1.165) is 0 Å². The van der Waals surface area contributed by atoms with Crippen molar-refractivity contribution in [2.24, 2.45) is 0 Å². The number of aryl methyl sites for hydroxylation is 1. The maximum absolute atomic E-state index is 12.5. The van der Waals surface area contributed by atoms with E-state index >= 15 is 0 Å². The van der Waals surface area contributed by atoms with Crippen LogP contribution in [0.5, 0.6) is 0 Å². The van der Waals surface area contributed by atoms with Gasteiger partial charge in [0, 0.05) is 18.0 Å². The Morgan fingerprint density at radius 2 is 2.23 bits per heavy atom. The molecule has 0 amide bonds. The molecule has 0 saturated heterocycles. The molecule has 4 heteroatoms. The van der Waals surface area contributed by atoms with E-state index < -0.39 is 6.43 Å². The Morgan fingerprint density at radius 3 is 2.77 bits per heavy atom. The molecule has 0 spiro atoms. The fourth-order valence-electron chi connectivity index (χ4n) is 1.17. The van der Waals surface area contributed by atoms with Crippen LogP contribution in [0.25, 0.3) is 0 Å². The largest absolute Gasteiger partial charge is 0.264 e. The van der Waals surface area contributed by atoms with E-state index in [1.54, 1.807) is 6.92 Å². The molecule has 0 aromatic carbocycles. The minimum absolute atomic E-state index is 0.0195. The molecule has 13 heavy (non-hydrogen) atoms. The number of rotatable bonds is 2. The van der Waals surface area contributed by atoms with Crippen LogP contribution < -0.4 is 0 Å². The predicted octanol–water partition coefficient (Wildman–Crippen LogP) is 2.39. The molecule has 1 heterocycles. The molecule has 0 radical (unpaired) electrons. The molecule has 0 fully saturated rings. The van der Waals surface area contributed by atoms with Crippen molar-refractivity contribution in [3.05, 3.63) is 29.1 Å². The number of hydrogen-bond donors (Lipinski definition) is 0. The van der Waals surface area contributed by atoms with Crippen LogP contribution in [-0.2, 0) is 6.42 Å². The van der Waals surface area contributed by atoms with E-state index in [1.807, 2.05) is 6.07 Å². The van der Waals surface area contributed by atoms with Crippen molar-refractivity contribution >= 4 is 0 Å². The topological polar surface area (TPSA) is 36.7 Å². The molecule has 0 aliphatic carbocycles. The van der Waals surface area contributed by atoms with E-state index in [1.165, 1.54) is 12.4 Å². The highest BCUT2D eigenvalue weighted by Crippen LogP contribution is 2.25. The highest BCUT2D eigenvalue weighted by molar-refractivity contribution is 5.33. The van der Waals surface area contributed by atoms with Gasteiger partial charge in [0.05, 0.1) is 12.5 Å². The molecule has 0 saturated carbocycles. The van der Waals surface area contributed by atoms with Crippen LogP contribution in [0.3, 0.4) is 0 Å². The fourth-order valence-corrected chi connectivity index (χ4v) is 1.17. The van der Waals surface area contributed by atoms with Gasteiger partial charge in [-0.1, -0.05) is 0 Å². The van der Waals surface area contributed by atoms with Gasteiger partial charge in [0.2, 0.25) is 0 Å². The zero-order valence-corrected chi connectivity index (χ0v) is 7.09. The summed E-state index contributed by atoms with van der Waals surface area (Å²) in [7, 11) is 0. The fraction of sp³-hybridized carbons (Fsp3) is 0.333. The lowest BCUT2D eigenvalue weighted by molar-refractivity contribution is 0.149. The molecule has 0 aliphatic rings. The molecular formula is C9H8F2N2. The number of nitriles is 1. The van der Waals surface area contributed by atoms with Gasteiger partial charge in [-0.25, -0.2) is 8.78 Å². The quantitative estimate of drug-likeness (QED) is 0.704. The van der Waals surface area contributed by atoms with Crippen LogP contribution in [0, 0.1) is 18.3 Å². The van der Waals surface area contributed by atoms with Crippen LogP contribution in [-0.4, -0.2) is 4.98 Å². The smallest absolute Gasteiger partial charge is 0.264 e. The molecule has 1 aromatic rings. The number of hydrogen-bond acceptors (Lipinski definition) is 2. The first kappa shape index (κ1) is 9.59. The molecule has 1 aromatic heterocycles. The van der Waals surface area contributed by atoms with Crippen LogP contribution in [0.15, 0.2) is 12.4 Å². The van der Waals surface area contributed by atoms with Crippen molar-refractivity contribution in [1.29, 1.82) is 5.26 Å². The van der Waals surface area contributed by atoms with Crippen LogP contribution in [0.1, 0.15) is 23.1 Å². The summed E-state index contributed by atoms with van der Waals surface area (Å²) >= 11 is 0. The summed E-state index contributed by atoms with van der Waals surface area (Å²) in [5.74, 6) is 0. The lowest BCUT2D eigenvalue weighted by Crippen LogP contribution is -1.98. The van der Waals surface area contributed by atoms with Gasteiger partial charge in [-0.05, 0) is 18.1 Å².